The maximum Gasteiger partial charge on any atom is 0.262 e. The Morgan fingerprint density at radius 3 is 2.38 bits per heavy atom. The van der Waals surface area contributed by atoms with E-state index in [0.717, 1.165) is 16.7 Å². The van der Waals surface area contributed by atoms with Gasteiger partial charge in [-0.1, -0.05) is 0 Å². The van der Waals surface area contributed by atoms with Gasteiger partial charge in [-0.05, 0) is 37.1 Å². The van der Waals surface area contributed by atoms with Crippen LogP contribution in [-0.4, -0.2) is 43.7 Å². The minimum atomic E-state index is -0.306. The highest BCUT2D eigenvalue weighted by Gasteiger charge is 2.15. The summed E-state index contributed by atoms with van der Waals surface area (Å²) < 4.78 is 16.2. The molecule has 0 radical (unpaired) electrons. The molecular formula is C21H23N3O5. The van der Waals surface area contributed by atoms with Crippen LogP contribution < -0.4 is 25.1 Å². The number of aromatic amines is 1. The van der Waals surface area contributed by atoms with Gasteiger partial charge in [0.15, 0.2) is 6.61 Å². The first kappa shape index (κ1) is 20.2. The topological polar surface area (TPSA) is 103 Å². The second-order valence-corrected chi connectivity index (χ2v) is 6.54. The number of aromatic nitrogens is 2. The number of carbonyl (C=O) groups excluding carboxylic acids is 1. The lowest BCUT2D eigenvalue weighted by Gasteiger charge is -2.14. The average molecular weight is 397 g/mol. The Morgan fingerprint density at radius 2 is 1.79 bits per heavy atom. The number of aryl methyl sites for hydroxylation is 2. The third-order valence-corrected chi connectivity index (χ3v) is 4.56. The number of nitrogens with one attached hydrogen (secondary N) is 2. The van der Waals surface area contributed by atoms with Crippen molar-refractivity contribution in [2.24, 2.45) is 0 Å². The number of H-pyrrole nitrogens is 1. The zero-order chi connectivity index (χ0) is 21.1. The van der Waals surface area contributed by atoms with Crippen LogP contribution in [0.15, 0.2) is 29.1 Å². The minimum Gasteiger partial charge on any atom is -0.497 e. The van der Waals surface area contributed by atoms with Gasteiger partial charge < -0.3 is 24.5 Å². The molecule has 0 atom stereocenters. The van der Waals surface area contributed by atoms with Crippen LogP contribution >= 0.6 is 0 Å². The third kappa shape index (κ3) is 4.01. The van der Waals surface area contributed by atoms with Crippen LogP contribution in [0.4, 0.5) is 0 Å². The molecule has 0 saturated heterocycles. The minimum absolute atomic E-state index is 0.0673. The van der Waals surface area contributed by atoms with E-state index in [9.17, 15) is 9.59 Å². The second-order valence-electron chi connectivity index (χ2n) is 6.54. The van der Waals surface area contributed by atoms with Crippen molar-refractivity contribution < 1.29 is 19.0 Å². The molecule has 0 aliphatic rings. The molecule has 1 aromatic heterocycles. The molecule has 0 aliphatic carbocycles. The lowest BCUT2D eigenvalue weighted by Crippen LogP contribution is -2.25. The summed E-state index contributed by atoms with van der Waals surface area (Å²) in [5, 5.41) is 2.88. The van der Waals surface area contributed by atoms with Crippen LogP contribution in [0.2, 0.25) is 0 Å². The number of likely N-dealkylation sites (N-methyl/N-ethyl adjacent to an activating group) is 1. The number of carbonyl (C=O) groups is 1. The molecule has 0 bridgehead atoms. The number of hydrogen-bond donors (Lipinski definition) is 2. The lowest BCUT2D eigenvalue weighted by atomic mass is 10.0. The number of amides is 1. The Labute approximate surface area is 167 Å². The van der Waals surface area contributed by atoms with Crippen LogP contribution in [0.1, 0.15) is 11.1 Å². The summed E-state index contributed by atoms with van der Waals surface area (Å²) in [6.07, 6.45) is 0. The van der Waals surface area contributed by atoms with E-state index in [1.54, 1.807) is 26.3 Å². The summed E-state index contributed by atoms with van der Waals surface area (Å²) in [4.78, 5) is 31.6. The largest absolute Gasteiger partial charge is 0.497 e. The summed E-state index contributed by atoms with van der Waals surface area (Å²) in [6.45, 7) is 3.68. The lowest BCUT2D eigenvalue weighted by molar-refractivity contribution is -0.122. The fourth-order valence-corrected chi connectivity index (χ4v) is 3.15. The molecule has 3 rings (SSSR count). The normalized spacial score (nSPS) is 10.7. The number of ether oxygens (including phenoxy) is 3. The van der Waals surface area contributed by atoms with Gasteiger partial charge in [0.1, 0.15) is 28.5 Å². The Balaban J connectivity index is 2.09. The molecule has 2 N–H and O–H groups in total. The van der Waals surface area contributed by atoms with Gasteiger partial charge in [-0.25, -0.2) is 4.98 Å². The first-order valence-electron chi connectivity index (χ1n) is 8.99. The maximum absolute atomic E-state index is 12.7. The van der Waals surface area contributed by atoms with Crippen molar-refractivity contribution in [3.05, 3.63) is 45.7 Å². The average Bonchev–Trinajstić information content (AvgIpc) is 2.71. The maximum atomic E-state index is 12.7. The predicted octanol–water partition coefficient (Wildman–Crippen LogP) is 2.35. The van der Waals surface area contributed by atoms with Crippen molar-refractivity contribution in [2.45, 2.75) is 13.8 Å². The first-order valence-corrected chi connectivity index (χ1v) is 8.99. The van der Waals surface area contributed by atoms with Gasteiger partial charge in [-0.2, -0.15) is 0 Å². The number of fused-ring (bicyclic) bond motifs is 1. The van der Waals surface area contributed by atoms with E-state index in [2.05, 4.69) is 15.3 Å². The molecule has 0 spiro atoms. The smallest absolute Gasteiger partial charge is 0.262 e. The number of rotatable bonds is 6. The molecule has 8 nitrogen and oxygen atoms in total. The van der Waals surface area contributed by atoms with Gasteiger partial charge in [0.25, 0.3) is 11.5 Å². The third-order valence-electron chi connectivity index (χ3n) is 4.56. The van der Waals surface area contributed by atoms with Crippen molar-refractivity contribution in [1.29, 1.82) is 0 Å². The van der Waals surface area contributed by atoms with E-state index < -0.39 is 0 Å². The van der Waals surface area contributed by atoms with Gasteiger partial charge in [0, 0.05) is 24.7 Å². The van der Waals surface area contributed by atoms with Crippen LogP contribution in [0.3, 0.4) is 0 Å². The molecule has 3 aromatic rings. The standard InChI is InChI=1S/C21H23N3O5/c1-11-6-13(7-12(2)19(11)29-10-17(25)22-3)20-23-15-8-14(27-4)9-16(28-5)18(15)21(26)24-20/h6-9H,10H2,1-5H3,(H,22,25)(H,23,24,26). The highest BCUT2D eigenvalue weighted by molar-refractivity contribution is 5.87. The molecule has 0 aliphatic heterocycles. The van der Waals surface area contributed by atoms with E-state index in [4.69, 9.17) is 14.2 Å². The number of methoxy groups -OCH3 is 2. The zero-order valence-corrected chi connectivity index (χ0v) is 17.0. The summed E-state index contributed by atoms with van der Waals surface area (Å²) in [5.74, 6) is 1.77. The van der Waals surface area contributed by atoms with Crippen LogP contribution in [-0.2, 0) is 4.79 Å². The molecule has 2 aromatic carbocycles. The molecule has 0 fully saturated rings. The Kier molecular flexibility index (Phi) is 5.72. The summed E-state index contributed by atoms with van der Waals surface area (Å²) in [5.41, 5.74) is 2.55. The van der Waals surface area contributed by atoms with E-state index in [1.807, 2.05) is 26.0 Å². The van der Waals surface area contributed by atoms with Gasteiger partial charge in [0.2, 0.25) is 0 Å². The highest BCUT2D eigenvalue weighted by atomic mass is 16.5. The van der Waals surface area contributed by atoms with Gasteiger partial charge >= 0.3 is 0 Å². The van der Waals surface area contributed by atoms with Crippen LogP contribution in [0.25, 0.3) is 22.3 Å². The van der Waals surface area contributed by atoms with Crippen LogP contribution in [0.5, 0.6) is 17.2 Å². The van der Waals surface area contributed by atoms with Gasteiger partial charge in [-0.15, -0.1) is 0 Å². The van der Waals surface area contributed by atoms with Crippen LogP contribution in [0, 0.1) is 13.8 Å². The quantitative estimate of drug-likeness (QED) is 0.662. The molecule has 1 heterocycles. The Hall–Kier alpha value is -3.55. The summed E-state index contributed by atoms with van der Waals surface area (Å²) in [7, 11) is 4.59. The van der Waals surface area contributed by atoms with Crippen molar-refractivity contribution in [2.75, 3.05) is 27.9 Å². The molecule has 0 unspecified atom stereocenters. The van der Waals surface area contributed by atoms with Gasteiger partial charge in [0.05, 0.1) is 19.7 Å². The van der Waals surface area contributed by atoms with Gasteiger partial charge in [-0.3, -0.25) is 9.59 Å². The molecule has 1 amide bonds. The Morgan fingerprint density at radius 1 is 1.10 bits per heavy atom. The van der Waals surface area contributed by atoms with E-state index in [1.165, 1.54) is 7.11 Å². The van der Waals surface area contributed by atoms with E-state index in [0.29, 0.717) is 34.0 Å². The SMILES string of the molecule is CNC(=O)COc1c(C)cc(-c2nc3cc(OC)cc(OC)c3c(=O)[nH]2)cc1C. The Bertz CT molecular complexity index is 1110. The highest BCUT2D eigenvalue weighted by Crippen LogP contribution is 2.31. The monoisotopic (exact) mass is 397 g/mol. The predicted molar refractivity (Wildman–Crippen MR) is 110 cm³/mol. The van der Waals surface area contributed by atoms with E-state index in [-0.39, 0.29) is 18.1 Å². The number of nitrogens with zero attached hydrogens (tertiary/aromatic N) is 1. The summed E-state index contributed by atoms with van der Waals surface area (Å²) in [6, 6.07) is 7.05. The molecule has 8 heteroatoms. The zero-order valence-electron chi connectivity index (χ0n) is 17.0. The van der Waals surface area contributed by atoms with Crippen molar-refractivity contribution >= 4 is 16.8 Å². The fourth-order valence-electron chi connectivity index (χ4n) is 3.15. The molecular weight excluding hydrogens is 374 g/mol. The van der Waals surface area contributed by atoms with Crippen molar-refractivity contribution in [3.63, 3.8) is 0 Å². The first-order chi connectivity index (χ1) is 13.9. The fraction of sp³-hybridized carbons (Fsp3) is 0.286. The number of hydrogen-bond acceptors (Lipinski definition) is 6. The second kappa shape index (κ2) is 8.22. The number of benzene rings is 2. The van der Waals surface area contributed by atoms with E-state index >= 15 is 0 Å². The molecule has 0 saturated carbocycles. The molecule has 29 heavy (non-hydrogen) atoms. The molecule has 152 valence electrons. The summed E-state index contributed by atoms with van der Waals surface area (Å²) >= 11 is 0. The van der Waals surface area contributed by atoms with Crippen molar-refractivity contribution in [1.82, 2.24) is 15.3 Å². The van der Waals surface area contributed by atoms with Crippen molar-refractivity contribution in [3.8, 4) is 28.6 Å².